The number of carbonyl (C=O) groups excluding carboxylic acids is 2. The van der Waals surface area contributed by atoms with Crippen LogP contribution in [0.5, 0.6) is 11.5 Å². The average molecular weight is 521 g/mol. The molecule has 0 bridgehead atoms. The van der Waals surface area contributed by atoms with Gasteiger partial charge in [0.15, 0.2) is 11.5 Å². The van der Waals surface area contributed by atoms with Crippen molar-refractivity contribution in [1.82, 2.24) is 9.80 Å². The molecule has 0 unspecified atom stereocenters. The number of nitrogens with zero attached hydrogens (tertiary/aromatic N) is 2. The zero-order valence-electron chi connectivity index (χ0n) is 22.1. The van der Waals surface area contributed by atoms with E-state index in [1.807, 2.05) is 60.4 Å². The Morgan fingerprint density at radius 2 is 1.84 bits per heavy atom. The lowest BCUT2D eigenvalue weighted by atomic mass is 10.00. The van der Waals surface area contributed by atoms with Crippen molar-refractivity contribution in [1.29, 1.82) is 0 Å². The summed E-state index contributed by atoms with van der Waals surface area (Å²) in [5.41, 5.74) is 2.83. The third-order valence-corrected chi connectivity index (χ3v) is 8.02. The maximum Gasteiger partial charge on any atom is 0.254 e. The zero-order chi connectivity index (χ0) is 26.4. The van der Waals surface area contributed by atoms with Crippen LogP contribution in [0.3, 0.4) is 0 Å². The molecule has 2 aromatic carbocycles. The smallest absolute Gasteiger partial charge is 0.254 e. The third kappa shape index (κ3) is 6.34. The molecule has 196 valence electrons. The van der Waals surface area contributed by atoms with Crippen molar-refractivity contribution in [2.24, 2.45) is 5.92 Å². The number of para-hydroxylation sites is 2. The number of rotatable bonds is 10. The highest BCUT2D eigenvalue weighted by molar-refractivity contribution is 7.10. The number of amides is 2. The topological polar surface area (TPSA) is 59.1 Å². The fourth-order valence-electron chi connectivity index (χ4n) is 4.64. The van der Waals surface area contributed by atoms with Gasteiger partial charge in [-0.05, 0) is 60.5 Å². The molecule has 1 aromatic heterocycles. The minimum absolute atomic E-state index is 0.0433. The monoisotopic (exact) mass is 520 g/mol. The number of ether oxygens (including phenoxy) is 2. The van der Waals surface area contributed by atoms with Crippen LogP contribution in [-0.2, 0) is 11.2 Å². The van der Waals surface area contributed by atoms with Gasteiger partial charge in [-0.1, -0.05) is 50.1 Å². The van der Waals surface area contributed by atoms with Gasteiger partial charge in [-0.15, -0.1) is 11.3 Å². The van der Waals surface area contributed by atoms with E-state index in [1.54, 1.807) is 23.3 Å². The molecule has 0 spiro atoms. The fraction of sp³-hybridized carbons (Fsp3) is 0.400. The largest absolute Gasteiger partial charge is 0.493 e. The van der Waals surface area contributed by atoms with Crippen LogP contribution >= 0.6 is 11.3 Å². The first-order chi connectivity index (χ1) is 17.9. The molecule has 4 rings (SSSR count). The van der Waals surface area contributed by atoms with Crippen LogP contribution in [0.2, 0.25) is 0 Å². The Bertz CT molecular complexity index is 1210. The SMILES string of the molecule is CC[C@H](C)CN(CC(=O)N1CCc2sccc2[C@@H]1COc1ccccc1OC)C(=O)c1ccc(C)cc1. The molecule has 0 saturated heterocycles. The van der Waals surface area contributed by atoms with Gasteiger partial charge in [0.05, 0.1) is 13.2 Å². The van der Waals surface area contributed by atoms with E-state index in [1.165, 1.54) is 4.88 Å². The lowest BCUT2D eigenvalue weighted by Gasteiger charge is -2.37. The van der Waals surface area contributed by atoms with Crippen LogP contribution in [-0.4, -0.2) is 55.0 Å². The number of thiophene rings is 1. The Balaban J connectivity index is 1.55. The second kappa shape index (κ2) is 12.3. The summed E-state index contributed by atoms with van der Waals surface area (Å²) in [4.78, 5) is 32.1. The van der Waals surface area contributed by atoms with Gasteiger partial charge in [-0.3, -0.25) is 9.59 Å². The zero-order valence-corrected chi connectivity index (χ0v) is 22.9. The van der Waals surface area contributed by atoms with Gasteiger partial charge >= 0.3 is 0 Å². The summed E-state index contributed by atoms with van der Waals surface area (Å²) in [6, 6.07) is 16.9. The number of methoxy groups -OCH3 is 1. The molecule has 2 atom stereocenters. The normalized spacial score (nSPS) is 15.6. The summed E-state index contributed by atoms with van der Waals surface area (Å²) in [6.07, 6.45) is 1.74. The molecule has 1 aliphatic rings. The summed E-state index contributed by atoms with van der Waals surface area (Å²) in [5, 5.41) is 2.07. The van der Waals surface area contributed by atoms with Gasteiger partial charge < -0.3 is 19.3 Å². The molecule has 0 aliphatic carbocycles. The van der Waals surface area contributed by atoms with Gasteiger partial charge in [0.1, 0.15) is 13.2 Å². The predicted molar refractivity (Wildman–Crippen MR) is 148 cm³/mol. The van der Waals surface area contributed by atoms with E-state index < -0.39 is 0 Å². The molecule has 1 aliphatic heterocycles. The molecule has 3 aromatic rings. The van der Waals surface area contributed by atoms with Gasteiger partial charge in [0, 0.05) is 23.5 Å². The van der Waals surface area contributed by atoms with Crippen LogP contribution in [0.4, 0.5) is 0 Å². The number of hydrogen-bond acceptors (Lipinski definition) is 5. The lowest BCUT2D eigenvalue weighted by molar-refractivity contribution is -0.135. The van der Waals surface area contributed by atoms with Gasteiger partial charge in [0.25, 0.3) is 5.91 Å². The van der Waals surface area contributed by atoms with Crippen molar-refractivity contribution < 1.29 is 19.1 Å². The fourth-order valence-corrected chi connectivity index (χ4v) is 5.57. The van der Waals surface area contributed by atoms with Crippen LogP contribution in [0.1, 0.15) is 52.7 Å². The minimum Gasteiger partial charge on any atom is -0.493 e. The second-order valence-corrected chi connectivity index (χ2v) is 10.7. The Morgan fingerprint density at radius 3 is 2.54 bits per heavy atom. The number of benzene rings is 2. The van der Waals surface area contributed by atoms with E-state index in [-0.39, 0.29) is 30.3 Å². The molecule has 7 heteroatoms. The highest BCUT2D eigenvalue weighted by atomic mass is 32.1. The van der Waals surface area contributed by atoms with Crippen LogP contribution in [0, 0.1) is 12.8 Å². The minimum atomic E-state index is -0.229. The van der Waals surface area contributed by atoms with Gasteiger partial charge in [-0.25, -0.2) is 0 Å². The van der Waals surface area contributed by atoms with E-state index in [4.69, 9.17) is 9.47 Å². The number of aryl methyl sites for hydroxylation is 1. The standard InChI is InChI=1S/C30H36N2O4S/c1-5-21(2)18-31(30(34)23-12-10-22(3)11-13-23)19-29(33)32-16-14-28-24(15-17-37-28)25(32)20-36-27-9-7-6-8-26(27)35-4/h6-13,15,17,21,25H,5,14,16,18-20H2,1-4H3/t21-,25-/m0/s1. The second-order valence-electron chi connectivity index (χ2n) is 9.68. The molecule has 2 amide bonds. The highest BCUT2D eigenvalue weighted by Crippen LogP contribution is 2.35. The molecule has 6 nitrogen and oxygen atoms in total. The number of fused-ring (bicyclic) bond motifs is 1. The third-order valence-electron chi connectivity index (χ3n) is 7.02. The Kier molecular flexibility index (Phi) is 8.87. The van der Waals surface area contributed by atoms with E-state index >= 15 is 0 Å². The van der Waals surface area contributed by atoms with E-state index in [0.29, 0.717) is 36.8 Å². The Labute approximate surface area is 223 Å². The van der Waals surface area contributed by atoms with Crippen molar-refractivity contribution in [3.05, 3.63) is 81.5 Å². The van der Waals surface area contributed by atoms with Crippen LogP contribution in [0.25, 0.3) is 0 Å². The predicted octanol–water partition coefficient (Wildman–Crippen LogP) is 5.76. The summed E-state index contributed by atoms with van der Waals surface area (Å²) in [6.45, 7) is 7.71. The maximum atomic E-state index is 13.8. The molecule has 0 N–H and O–H groups in total. The molecular weight excluding hydrogens is 484 g/mol. The van der Waals surface area contributed by atoms with Crippen molar-refractivity contribution in [2.45, 2.75) is 39.7 Å². The van der Waals surface area contributed by atoms with Gasteiger partial charge in [0.2, 0.25) is 5.91 Å². The molecule has 0 saturated carbocycles. The summed E-state index contributed by atoms with van der Waals surface area (Å²) in [5.74, 6) is 1.42. The highest BCUT2D eigenvalue weighted by Gasteiger charge is 2.34. The van der Waals surface area contributed by atoms with Crippen molar-refractivity contribution >= 4 is 23.2 Å². The Morgan fingerprint density at radius 1 is 1.11 bits per heavy atom. The number of carbonyl (C=O) groups is 2. The molecule has 37 heavy (non-hydrogen) atoms. The first-order valence-corrected chi connectivity index (χ1v) is 13.8. The molecule has 2 heterocycles. The summed E-state index contributed by atoms with van der Waals surface area (Å²) >= 11 is 1.72. The maximum absolute atomic E-state index is 13.8. The molecule has 0 fully saturated rings. The summed E-state index contributed by atoms with van der Waals surface area (Å²) in [7, 11) is 1.62. The first-order valence-electron chi connectivity index (χ1n) is 12.9. The quantitative estimate of drug-likeness (QED) is 0.341. The van der Waals surface area contributed by atoms with Crippen molar-refractivity contribution in [2.75, 3.05) is 33.4 Å². The van der Waals surface area contributed by atoms with Gasteiger partial charge in [-0.2, -0.15) is 0 Å². The lowest BCUT2D eigenvalue weighted by Crippen LogP contribution is -2.48. The van der Waals surface area contributed by atoms with Crippen molar-refractivity contribution in [3.8, 4) is 11.5 Å². The van der Waals surface area contributed by atoms with E-state index in [0.717, 1.165) is 24.0 Å². The first kappa shape index (κ1) is 26.7. The van der Waals surface area contributed by atoms with Crippen molar-refractivity contribution in [3.63, 3.8) is 0 Å². The summed E-state index contributed by atoms with van der Waals surface area (Å²) < 4.78 is 11.6. The Hall–Kier alpha value is -3.32. The molecule has 0 radical (unpaired) electrons. The van der Waals surface area contributed by atoms with E-state index in [9.17, 15) is 9.59 Å². The number of hydrogen-bond donors (Lipinski definition) is 0. The van der Waals surface area contributed by atoms with Crippen LogP contribution in [0.15, 0.2) is 60.0 Å². The molecular formula is C30H36N2O4S. The average Bonchev–Trinajstić information content (AvgIpc) is 3.40. The van der Waals surface area contributed by atoms with E-state index in [2.05, 4.69) is 25.3 Å². The van der Waals surface area contributed by atoms with Crippen LogP contribution < -0.4 is 9.47 Å².